The quantitative estimate of drug-likeness (QED) is 0.571. The molecule has 0 spiro atoms. The lowest BCUT2D eigenvalue weighted by atomic mass is 9.97. The molecular weight excluding hydrogens is 411 g/mol. The van der Waals surface area contributed by atoms with Gasteiger partial charge in [-0.15, -0.1) is 0 Å². The topological polar surface area (TPSA) is 97.4 Å². The summed E-state index contributed by atoms with van der Waals surface area (Å²) in [5.41, 5.74) is 4.17. The first-order valence-corrected chi connectivity index (χ1v) is 10.7. The third-order valence-electron chi connectivity index (χ3n) is 6.34. The molecule has 0 aliphatic carbocycles. The molecule has 0 saturated carbocycles. The second kappa shape index (κ2) is 8.23. The van der Waals surface area contributed by atoms with Gasteiger partial charge in [0.1, 0.15) is 23.6 Å². The van der Waals surface area contributed by atoms with Crippen LogP contribution in [0.4, 0.5) is 20.7 Å². The van der Waals surface area contributed by atoms with Gasteiger partial charge in [0.15, 0.2) is 0 Å². The molecule has 0 bridgehead atoms. The van der Waals surface area contributed by atoms with Crippen LogP contribution in [0.3, 0.4) is 0 Å². The highest BCUT2D eigenvalue weighted by Gasteiger charge is 2.24. The summed E-state index contributed by atoms with van der Waals surface area (Å²) in [6.07, 6.45) is 4.09. The minimum Gasteiger partial charge on any atom is -0.465 e. The number of rotatable bonds is 4. The molecule has 2 aromatic heterocycles. The second-order valence-electron chi connectivity index (χ2n) is 8.48. The van der Waals surface area contributed by atoms with E-state index in [4.69, 9.17) is 5.11 Å². The number of H-pyrrole nitrogens is 1. The number of amides is 1. The average molecular weight is 436 g/mol. The van der Waals surface area contributed by atoms with Gasteiger partial charge in [-0.25, -0.2) is 19.2 Å². The first-order valence-electron chi connectivity index (χ1n) is 10.7. The van der Waals surface area contributed by atoms with Gasteiger partial charge in [-0.05, 0) is 61.8 Å². The van der Waals surface area contributed by atoms with Crippen molar-refractivity contribution in [2.45, 2.75) is 18.8 Å². The van der Waals surface area contributed by atoms with Gasteiger partial charge >= 0.3 is 6.09 Å². The molecule has 0 unspecified atom stereocenters. The third kappa shape index (κ3) is 3.91. The number of aromatic amines is 1. The second-order valence-corrected chi connectivity index (χ2v) is 8.48. The van der Waals surface area contributed by atoms with E-state index in [0.717, 1.165) is 47.4 Å². The number of likely N-dealkylation sites (N-methyl/N-ethyl adjacent to an activating group) is 1. The zero-order valence-corrected chi connectivity index (χ0v) is 17.8. The van der Waals surface area contributed by atoms with E-state index in [2.05, 4.69) is 32.2 Å². The van der Waals surface area contributed by atoms with E-state index in [1.165, 1.54) is 17.3 Å². The Morgan fingerprint density at radius 3 is 2.88 bits per heavy atom. The SMILES string of the molecule is CN1CC[C@H](c2cc(Nc3ncnc4[nH]c(C5=CCN(C(=O)O)CC5)cc34)ccc2F)C1. The van der Waals surface area contributed by atoms with Crippen molar-refractivity contribution in [3.8, 4) is 0 Å². The number of likely N-dealkylation sites (tertiary alicyclic amines) is 1. The van der Waals surface area contributed by atoms with E-state index in [1.54, 1.807) is 6.07 Å². The maximum absolute atomic E-state index is 14.5. The number of aromatic nitrogens is 3. The molecule has 2 aliphatic heterocycles. The van der Waals surface area contributed by atoms with Crippen LogP contribution in [0, 0.1) is 5.82 Å². The summed E-state index contributed by atoms with van der Waals surface area (Å²) in [6.45, 7) is 2.65. The van der Waals surface area contributed by atoms with Crippen LogP contribution in [-0.2, 0) is 0 Å². The minimum atomic E-state index is -0.905. The summed E-state index contributed by atoms with van der Waals surface area (Å²) in [6, 6.07) is 7.10. The molecule has 3 N–H and O–H groups in total. The Morgan fingerprint density at radius 1 is 1.28 bits per heavy atom. The molecular formula is C23H25FN6O2. The van der Waals surface area contributed by atoms with Crippen LogP contribution in [0.2, 0.25) is 0 Å². The molecule has 2 aliphatic rings. The molecule has 9 heteroatoms. The van der Waals surface area contributed by atoms with Crippen molar-refractivity contribution in [2.24, 2.45) is 0 Å². The molecule has 166 valence electrons. The maximum atomic E-state index is 14.5. The molecule has 1 atom stereocenters. The Kier molecular flexibility index (Phi) is 5.26. The van der Waals surface area contributed by atoms with E-state index < -0.39 is 6.09 Å². The highest BCUT2D eigenvalue weighted by molar-refractivity contribution is 5.92. The predicted molar refractivity (Wildman–Crippen MR) is 121 cm³/mol. The number of halogens is 1. The Balaban J connectivity index is 1.42. The van der Waals surface area contributed by atoms with Gasteiger partial charge in [0.25, 0.3) is 0 Å². The fraction of sp³-hybridized carbons (Fsp3) is 0.348. The van der Waals surface area contributed by atoms with E-state index >= 15 is 0 Å². The standard InChI is InChI=1S/C23H25FN6O2/c1-29-7-4-15(12-29)17-10-16(2-3-19(17)24)27-21-18-11-20(28-22(18)26-13-25-21)14-5-8-30(9-6-14)23(31)32/h2-3,5,10-11,13,15H,4,6-9,12H2,1H3,(H,31,32)(H2,25,26,27,28)/t15-/m0/s1. The summed E-state index contributed by atoms with van der Waals surface area (Å²) in [5, 5.41) is 13.3. The van der Waals surface area contributed by atoms with Gasteiger partial charge in [-0.3, -0.25) is 0 Å². The average Bonchev–Trinajstić information content (AvgIpc) is 3.42. The van der Waals surface area contributed by atoms with Crippen molar-refractivity contribution in [3.63, 3.8) is 0 Å². The van der Waals surface area contributed by atoms with Crippen LogP contribution in [-0.4, -0.2) is 69.2 Å². The summed E-state index contributed by atoms with van der Waals surface area (Å²) in [7, 11) is 2.06. The van der Waals surface area contributed by atoms with Crippen molar-refractivity contribution in [2.75, 3.05) is 38.5 Å². The number of carbonyl (C=O) groups is 1. The molecule has 1 fully saturated rings. The third-order valence-corrected chi connectivity index (χ3v) is 6.34. The molecule has 1 amide bonds. The lowest BCUT2D eigenvalue weighted by molar-refractivity contribution is 0.150. The normalized spacial score (nSPS) is 19.4. The maximum Gasteiger partial charge on any atom is 0.407 e. The largest absolute Gasteiger partial charge is 0.465 e. The van der Waals surface area contributed by atoms with Gasteiger partial charge in [-0.1, -0.05) is 6.08 Å². The van der Waals surface area contributed by atoms with E-state index in [1.807, 2.05) is 18.2 Å². The highest BCUT2D eigenvalue weighted by Crippen LogP contribution is 2.33. The molecule has 32 heavy (non-hydrogen) atoms. The summed E-state index contributed by atoms with van der Waals surface area (Å²) < 4.78 is 14.5. The number of fused-ring (bicyclic) bond motifs is 1. The molecule has 1 saturated heterocycles. The van der Waals surface area contributed by atoms with Gasteiger partial charge in [0.2, 0.25) is 0 Å². The van der Waals surface area contributed by atoms with Crippen molar-refractivity contribution >= 4 is 34.2 Å². The van der Waals surface area contributed by atoms with Crippen molar-refractivity contribution in [3.05, 3.63) is 53.7 Å². The number of carboxylic acid groups (broad SMARTS) is 1. The Labute approximate surface area is 184 Å². The first-order chi connectivity index (χ1) is 15.5. The van der Waals surface area contributed by atoms with Gasteiger partial charge in [-0.2, -0.15) is 0 Å². The van der Waals surface area contributed by atoms with Crippen molar-refractivity contribution in [1.29, 1.82) is 0 Å². The van der Waals surface area contributed by atoms with E-state index in [9.17, 15) is 9.18 Å². The zero-order valence-electron chi connectivity index (χ0n) is 17.8. The van der Waals surface area contributed by atoms with Crippen LogP contribution < -0.4 is 5.32 Å². The van der Waals surface area contributed by atoms with Crippen molar-refractivity contribution < 1.29 is 14.3 Å². The van der Waals surface area contributed by atoms with Crippen LogP contribution in [0.5, 0.6) is 0 Å². The Hall–Kier alpha value is -3.46. The van der Waals surface area contributed by atoms with Crippen LogP contribution in [0.1, 0.15) is 30.0 Å². The first kappa shape index (κ1) is 20.4. The molecule has 5 rings (SSSR count). The van der Waals surface area contributed by atoms with Gasteiger partial charge in [0, 0.05) is 36.9 Å². The van der Waals surface area contributed by atoms with Crippen LogP contribution >= 0.6 is 0 Å². The summed E-state index contributed by atoms with van der Waals surface area (Å²) >= 11 is 0. The van der Waals surface area contributed by atoms with Crippen LogP contribution in [0.15, 0.2) is 36.7 Å². The number of anilines is 2. The Morgan fingerprint density at radius 2 is 2.16 bits per heavy atom. The molecule has 1 aromatic carbocycles. The highest BCUT2D eigenvalue weighted by atomic mass is 19.1. The monoisotopic (exact) mass is 436 g/mol. The molecule has 3 aromatic rings. The van der Waals surface area contributed by atoms with Gasteiger partial charge in [0.05, 0.1) is 5.39 Å². The van der Waals surface area contributed by atoms with Crippen LogP contribution in [0.25, 0.3) is 16.6 Å². The minimum absolute atomic E-state index is 0.174. The molecule has 4 heterocycles. The van der Waals surface area contributed by atoms with Crippen molar-refractivity contribution in [1.82, 2.24) is 24.8 Å². The fourth-order valence-corrected chi connectivity index (χ4v) is 4.56. The predicted octanol–water partition coefficient (Wildman–Crippen LogP) is 4.03. The number of hydrogen-bond acceptors (Lipinski definition) is 5. The fourth-order valence-electron chi connectivity index (χ4n) is 4.56. The molecule has 8 nitrogen and oxygen atoms in total. The smallest absolute Gasteiger partial charge is 0.407 e. The number of nitrogens with zero attached hydrogens (tertiary/aromatic N) is 4. The lowest BCUT2D eigenvalue weighted by Crippen LogP contribution is -2.33. The molecule has 0 radical (unpaired) electrons. The zero-order chi connectivity index (χ0) is 22.2. The number of hydrogen-bond donors (Lipinski definition) is 3. The lowest BCUT2D eigenvalue weighted by Gasteiger charge is -2.23. The number of nitrogens with one attached hydrogen (secondary N) is 2. The number of benzene rings is 1. The Bertz CT molecular complexity index is 1210. The summed E-state index contributed by atoms with van der Waals surface area (Å²) in [4.78, 5) is 26.8. The van der Waals surface area contributed by atoms with E-state index in [-0.39, 0.29) is 11.7 Å². The summed E-state index contributed by atoms with van der Waals surface area (Å²) in [5.74, 6) is 0.657. The van der Waals surface area contributed by atoms with E-state index in [0.29, 0.717) is 31.0 Å². The van der Waals surface area contributed by atoms with Gasteiger partial charge < -0.3 is 25.2 Å².